The average molecular weight is 630 g/mol. The summed E-state index contributed by atoms with van der Waals surface area (Å²) in [5.74, 6) is 0.0889. The number of methoxy groups -OCH3 is 1. The van der Waals surface area contributed by atoms with Gasteiger partial charge in [0.1, 0.15) is 5.58 Å². The standard InChI is InChI=1S/C26H17ClIN3O6/c1-35-21-9-14(8-18(28)24(21)36-13-23(32)33)12-29-31-25(30-19-5-3-2-4-17(19)26(31)34)22-11-15-10-16(27)6-7-20(15)37-22/h2-12H,13H2,1H3,(H,32,33). The zero-order chi connectivity index (χ0) is 26.1. The Kier molecular flexibility index (Phi) is 6.85. The van der Waals surface area contributed by atoms with Crippen molar-refractivity contribution in [2.75, 3.05) is 13.7 Å². The van der Waals surface area contributed by atoms with Gasteiger partial charge < -0.3 is 19.0 Å². The Balaban J connectivity index is 1.63. The second-order valence-corrected chi connectivity index (χ2v) is 9.42. The van der Waals surface area contributed by atoms with Crippen molar-refractivity contribution in [3.8, 4) is 23.1 Å². The smallest absolute Gasteiger partial charge is 0.341 e. The molecule has 0 radical (unpaired) electrons. The predicted molar refractivity (Wildman–Crippen MR) is 148 cm³/mol. The Hall–Kier alpha value is -3.90. The minimum Gasteiger partial charge on any atom is -0.493 e. The summed E-state index contributed by atoms with van der Waals surface area (Å²) in [4.78, 5) is 29.0. The van der Waals surface area contributed by atoms with Gasteiger partial charge in [0, 0.05) is 10.4 Å². The van der Waals surface area contributed by atoms with Crippen molar-refractivity contribution in [1.82, 2.24) is 9.66 Å². The van der Waals surface area contributed by atoms with E-state index in [0.717, 1.165) is 5.39 Å². The van der Waals surface area contributed by atoms with Gasteiger partial charge >= 0.3 is 5.97 Å². The molecule has 9 nitrogen and oxygen atoms in total. The van der Waals surface area contributed by atoms with Crippen LogP contribution < -0.4 is 15.0 Å². The number of hydrogen-bond acceptors (Lipinski definition) is 7. The summed E-state index contributed by atoms with van der Waals surface area (Å²) in [5, 5.41) is 15.1. The predicted octanol–water partition coefficient (Wildman–Crippen LogP) is 5.42. The zero-order valence-electron chi connectivity index (χ0n) is 19.1. The highest BCUT2D eigenvalue weighted by molar-refractivity contribution is 14.1. The maximum absolute atomic E-state index is 13.5. The first-order valence-corrected chi connectivity index (χ1v) is 12.3. The lowest BCUT2D eigenvalue weighted by atomic mass is 10.2. The van der Waals surface area contributed by atoms with Gasteiger partial charge in [-0.3, -0.25) is 4.79 Å². The van der Waals surface area contributed by atoms with E-state index in [1.165, 1.54) is 18.0 Å². The molecule has 0 atom stereocenters. The number of nitrogens with zero attached hydrogens (tertiary/aromatic N) is 3. The van der Waals surface area contributed by atoms with Gasteiger partial charge in [0.25, 0.3) is 5.56 Å². The maximum Gasteiger partial charge on any atom is 0.341 e. The van der Waals surface area contributed by atoms with Gasteiger partial charge in [-0.25, -0.2) is 9.78 Å². The number of carboxylic acids is 1. The molecular formula is C26H17ClIN3O6. The number of carboxylic acid groups (broad SMARTS) is 1. The highest BCUT2D eigenvalue weighted by atomic mass is 127. The van der Waals surface area contributed by atoms with Crippen molar-refractivity contribution >= 4 is 68.2 Å². The van der Waals surface area contributed by atoms with Crippen molar-refractivity contribution in [2.24, 2.45) is 5.10 Å². The molecule has 0 saturated heterocycles. The van der Waals surface area contributed by atoms with E-state index in [1.807, 2.05) is 22.6 Å². The molecule has 1 N–H and O–H groups in total. The van der Waals surface area contributed by atoms with Gasteiger partial charge in [-0.15, -0.1) is 0 Å². The number of fused-ring (bicyclic) bond motifs is 2. The minimum absolute atomic E-state index is 0.218. The molecule has 0 amide bonds. The summed E-state index contributed by atoms with van der Waals surface area (Å²) < 4.78 is 18.5. The van der Waals surface area contributed by atoms with Crippen LogP contribution in [0.5, 0.6) is 11.5 Å². The van der Waals surface area contributed by atoms with E-state index in [2.05, 4.69) is 10.1 Å². The molecular weight excluding hydrogens is 613 g/mol. The van der Waals surface area contributed by atoms with Gasteiger partial charge in [-0.1, -0.05) is 23.7 Å². The normalized spacial score (nSPS) is 11.4. The van der Waals surface area contributed by atoms with E-state index in [9.17, 15) is 9.59 Å². The summed E-state index contributed by atoms with van der Waals surface area (Å²) >= 11 is 8.14. The highest BCUT2D eigenvalue weighted by Gasteiger charge is 2.17. The molecule has 2 aromatic heterocycles. The number of ether oxygens (including phenoxy) is 2. The first-order valence-electron chi connectivity index (χ1n) is 10.8. The van der Waals surface area contributed by atoms with Gasteiger partial charge in [0.2, 0.25) is 5.82 Å². The van der Waals surface area contributed by atoms with Crippen LogP contribution in [0.3, 0.4) is 0 Å². The molecule has 0 aliphatic carbocycles. The molecule has 0 aliphatic heterocycles. The summed E-state index contributed by atoms with van der Waals surface area (Å²) in [5.41, 5.74) is 1.31. The number of aliphatic carboxylic acids is 1. The second-order valence-electron chi connectivity index (χ2n) is 7.82. The number of furan rings is 1. The summed E-state index contributed by atoms with van der Waals surface area (Å²) in [6.07, 6.45) is 1.48. The number of rotatable bonds is 7. The van der Waals surface area contributed by atoms with Crippen LogP contribution in [0.2, 0.25) is 5.02 Å². The number of halogens is 2. The number of carbonyl (C=O) groups is 1. The Bertz CT molecular complexity index is 1760. The Labute approximate surface area is 228 Å². The van der Waals surface area contributed by atoms with Crippen molar-refractivity contribution in [2.45, 2.75) is 0 Å². The molecule has 0 unspecified atom stereocenters. The molecule has 5 rings (SSSR count). The van der Waals surface area contributed by atoms with Crippen LogP contribution in [-0.4, -0.2) is 40.7 Å². The fraction of sp³-hybridized carbons (Fsp3) is 0.0769. The summed E-state index contributed by atoms with van der Waals surface area (Å²) in [6, 6.07) is 17.3. The molecule has 2 heterocycles. The van der Waals surface area contributed by atoms with E-state index in [1.54, 1.807) is 60.7 Å². The molecule has 0 spiro atoms. The van der Waals surface area contributed by atoms with Gasteiger partial charge in [-0.05, 0) is 76.7 Å². The summed E-state index contributed by atoms with van der Waals surface area (Å²) in [6.45, 7) is -0.510. The second kappa shape index (κ2) is 10.2. The first-order chi connectivity index (χ1) is 17.8. The molecule has 186 valence electrons. The lowest BCUT2D eigenvalue weighted by Gasteiger charge is -2.12. The van der Waals surface area contributed by atoms with Crippen LogP contribution in [0, 0.1) is 3.57 Å². The number of benzene rings is 3. The van der Waals surface area contributed by atoms with Crippen LogP contribution in [0.1, 0.15) is 5.56 Å². The lowest BCUT2D eigenvalue weighted by Crippen LogP contribution is -2.20. The fourth-order valence-electron chi connectivity index (χ4n) is 3.73. The topological polar surface area (TPSA) is 116 Å². The van der Waals surface area contributed by atoms with E-state index in [-0.39, 0.29) is 11.4 Å². The van der Waals surface area contributed by atoms with E-state index in [0.29, 0.717) is 47.9 Å². The molecule has 5 aromatic rings. The van der Waals surface area contributed by atoms with E-state index < -0.39 is 12.6 Å². The quantitative estimate of drug-likeness (QED) is 0.189. The van der Waals surface area contributed by atoms with Crippen molar-refractivity contribution in [3.05, 3.63) is 85.2 Å². The monoisotopic (exact) mass is 629 g/mol. The van der Waals surface area contributed by atoms with Crippen LogP contribution in [0.25, 0.3) is 33.5 Å². The van der Waals surface area contributed by atoms with E-state index in [4.69, 9.17) is 30.6 Å². The molecule has 11 heteroatoms. The van der Waals surface area contributed by atoms with Crippen molar-refractivity contribution in [3.63, 3.8) is 0 Å². The number of aromatic nitrogens is 2. The minimum atomic E-state index is -1.10. The van der Waals surface area contributed by atoms with Gasteiger partial charge in [0.05, 0.1) is 27.8 Å². The van der Waals surface area contributed by atoms with Crippen LogP contribution >= 0.6 is 34.2 Å². The van der Waals surface area contributed by atoms with Crippen LogP contribution in [-0.2, 0) is 4.79 Å². The molecule has 0 bridgehead atoms. The number of para-hydroxylation sites is 1. The largest absolute Gasteiger partial charge is 0.493 e. The third kappa shape index (κ3) is 5.02. The molecule has 37 heavy (non-hydrogen) atoms. The number of hydrogen-bond donors (Lipinski definition) is 1. The van der Waals surface area contributed by atoms with Crippen molar-refractivity contribution in [1.29, 1.82) is 0 Å². The third-order valence-corrected chi connectivity index (χ3v) is 6.40. The molecule has 0 aliphatic rings. The maximum atomic E-state index is 13.5. The lowest BCUT2D eigenvalue weighted by molar-refractivity contribution is -0.139. The first kappa shape index (κ1) is 24.8. The summed E-state index contributed by atoms with van der Waals surface area (Å²) in [7, 11) is 1.45. The zero-order valence-corrected chi connectivity index (χ0v) is 22.1. The Morgan fingerprint density at radius 1 is 1.22 bits per heavy atom. The van der Waals surface area contributed by atoms with Gasteiger partial charge in [0.15, 0.2) is 23.9 Å². The van der Waals surface area contributed by atoms with Crippen LogP contribution in [0.15, 0.2) is 75.0 Å². The molecule has 0 fully saturated rings. The fourth-order valence-corrected chi connectivity index (χ4v) is 4.69. The molecule has 0 saturated carbocycles. The van der Waals surface area contributed by atoms with Crippen molar-refractivity contribution < 1.29 is 23.8 Å². The average Bonchev–Trinajstić information content (AvgIpc) is 3.30. The van der Waals surface area contributed by atoms with E-state index >= 15 is 0 Å². The van der Waals surface area contributed by atoms with Crippen LogP contribution in [0.4, 0.5) is 0 Å². The Morgan fingerprint density at radius 2 is 2.03 bits per heavy atom. The molecule has 3 aromatic carbocycles. The SMILES string of the molecule is COc1cc(C=Nn2c(-c3cc4cc(Cl)ccc4o3)nc3ccccc3c2=O)cc(I)c1OCC(=O)O. The highest BCUT2D eigenvalue weighted by Crippen LogP contribution is 2.34. The van der Waals surface area contributed by atoms with Gasteiger partial charge in [-0.2, -0.15) is 9.78 Å². The Morgan fingerprint density at radius 3 is 2.81 bits per heavy atom. The third-order valence-electron chi connectivity index (χ3n) is 5.37.